The minimum Gasteiger partial charge on any atom is -0.496 e. The van der Waals surface area contributed by atoms with Gasteiger partial charge in [0.25, 0.3) is 0 Å². The summed E-state index contributed by atoms with van der Waals surface area (Å²) in [4.78, 5) is 21.5. The number of anilines is 1. The van der Waals surface area contributed by atoms with E-state index < -0.39 is 12.0 Å². The molecule has 0 unspecified atom stereocenters. The lowest BCUT2D eigenvalue weighted by molar-refractivity contribution is 0.0693. The summed E-state index contributed by atoms with van der Waals surface area (Å²) in [5, 5.41) is 11.2. The van der Waals surface area contributed by atoms with Crippen LogP contribution in [0.25, 0.3) is 0 Å². The van der Waals surface area contributed by atoms with Gasteiger partial charge >= 0.3 is 12.0 Å². The number of nitrogens with two attached hydrogens (primary N) is 1. The van der Waals surface area contributed by atoms with Crippen LogP contribution in [0.15, 0.2) is 12.1 Å². The van der Waals surface area contributed by atoms with E-state index in [-0.39, 0.29) is 22.0 Å². The third kappa shape index (κ3) is 2.54. The number of hydrogen-bond acceptors (Lipinski definition) is 3. The predicted molar refractivity (Wildman–Crippen MR) is 58.2 cm³/mol. The van der Waals surface area contributed by atoms with Crippen molar-refractivity contribution in [1.82, 2.24) is 0 Å². The van der Waals surface area contributed by atoms with Crippen LogP contribution in [0.5, 0.6) is 5.75 Å². The summed E-state index contributed by atoms with van der Waals surface area (Å²) in [7, 11) is 1.31. The highest BCUT2D eigenvalue weighted by Gasteiger charge is 2.15. The van der Waals surface area contributed by atoms with Crippen molar-refractivity contribution in [2.24, 2.45) is 5.73 Å². The zero-order valence-electron chi connectivity index (χ0n) is 8.28. The van der Waals surface area contributed by atoms with E-state index in [1.807, 2.05) is 0 Å². The van der Waals surface area contributed by atoms with Gasteiger partial charge < -0.3 is 20.9 Å². The molecule has 0 bridgehead atoms. The number of carbonyl (C=O) groups excluding carboxylic acids is 1. The van der Waals surface area contributed by atoms with Crippen molar-refractivity contribution in [3.63, 3.8) is 0 Å². The highest BCUT2D eigenvalue weighted by Crippen LogP contribution is 2.30. The van der Waals surface area contributed by atoms with E-state index in [0.717, 1.165) is 0 Å². The number of hydrogen-bond donors (Lipinski definition) is 3. The summed E-state index contributed by atoms with van der Waals surface area (Å²) in [6, 6.07) is 1.66. The van der Waals surface area contributed by atoms with Gasteiger partial charge in [-0.3, -0.25) is 0 Å². The molecule has 0 radical (unpaired) electrons. The number of primary amides is 1. The molecule has 1 rings (SSSR count). The molecule has 0 fully saturated rings. The van der Waals surface area contributed by atoms with Gasteiger partial charge in [0, 0.05) is 6.07 Å². The Labute approximate surface area is 96.0 Å². The summed E-state index contributed by atoms with van der Waals surface area (Å²) in [5.74, 6) is -1.09. The number of carbonyl (C=O) groups is 2. The molecule has 86 valence electrons. The standard InChI is InChI=1S/C9H9ClN2O4/c1-16-7-3-6(12-9(11)15)5(10)2-4(7)8(13)14/h2-3H,1H3,(H,13,14)(H3,11,12,15). The molecule has 0 atom stereocenters. The molecule has 0 aliphatic carbocycles. The van der Waals surface area contributed by atoms with Crippen LogP contribution < -0.4 is 15.8 Å². The van der Waals surface area contributed by atoms with E-state index in [1.54, 1.807) is 0 Å². The zero-order chi connectivity index (χ0) is 12.3. The van der Waals surface area contributed by atoms with Crippen LogP contribution >= 0.6 is 11.6 Å². The smallest absolute Gasteiger partial charge is 0.339 e. The lowest BCUT2D eigenvalue weighted by atomic mass is 10.2. The van der Waals surface area contributed by atoms with E-state index in [4.69, 9.17) is 27.2 Å². The molecule has 0 aliphatic rings. The predicted octanol–water partition coefficient (Wildman–Crippen LogP) is 1.54. The molecule has 4 N–H and O–H groups in total. The third-order valence-corrected chi connectivity index (χ3v) is 2.09. The second-order valence-corrected chi connectivity index (χ2v) is 3.23. The molecule has 7 heteroatoms. The normalized spacial score (nSPS) is 9.62. The maximum atomic E-state index is 10.8. The number of methoxy groups -OCH3 is 1. The number of ether oxygens (including phenoxy) is 1. The first-order chi connectivity index (χ1) is 7.45. The van der Waals surface area contributed by atoms with Gasteiger partial charge in [-0.15, -0.1) is 0 Å². The Bertz CT molecular complexity index is 447. The molecular weight excluding hydrogens is 236 g/mol. The molecule has 1 aromatic carbocycles. The minimum atomic E-state index is -1.18. The van der Waals surface area contributed by atoms with Crippen molar-refractivity contribution in [2.75, 3.05) is 12.4 Å². The molecule has 16 heavy (non-hydrogen) atoms. The lowest BCUT2D eigenvalue weighted by Gasteiger charge is -2.10. The topological polar surface area (TPSA) is 102 Å². The second-order valence-electron chi connectivity index (χ2n) is 2.83. The van der Waals surface area contributed by atoms with E-state index in [0.29, 0.717) is 0 Å². The second kappa shape index (κ2) is 4.71. The van der Waals surface area contributed by atoms with Crippen LogP contribution in [-0.4, -0.2) is 24.2 Å². The number of rotatable bonds is 3. The van der Waals surface area contributed by atoms with Crippen LogP contribution in [-0.2, 0) is 0 Å². The number of carboxylic acids is 1. The van der Waals surface area contributed by atoms with Crippen molar-refractivity contribution >= 4 is 29.3 Å². The maximum Gasteiger partial charge on any atom is 0.339 e. The Morgan fingerprint density at radius 3 is 2.56 bits per heavy atom. The summed E-state index contributed by atoms with van der Waals surface area (Å²) in [6.07, 6.45) is 0. The Morgan fingerprint density at radius 1 is 1.50 bits per heavy atom. The van der Waals surface area contributed by atoms with Crippen LogP contribution in [0, 0.1) is 0 Å². The van der Waals surface area contributed by atoms with Crippen molar-refractivity contribution in [2.45, 2.75) is 0 Å². The van der Waals surface area contributed by atoms with Crippen LogP contribution in [0.1, 0.15) is 10.4 Å². The lowest BCUT2D eigenvalue weighted by Crippen LogP contribution is -2.19. The van der Waals surface area contributed by atoms with Gasteiger partial charge in [-0.1, -0.05) is 11.6 Å². The third-order valence-electron chi connectivity index (χ3n) is 1.78. The molecule has 6 nitrogen and oxygen atoms in total. The summed E-state index contributed by atoms with van der Waals surface area (Å²) < 4.78 is 4.85. The molecular formula is C9H9ClN2O4. The highest BCUT2D eigenvalue weighted by molar-refractivity contribution is 6.34. The first kappa shape index (κ1) is 12.1. The summed E-state index contributed by atoms with van der Waals surface area (Å²) in [5.41, 5.74) is 5.01. The van der Waals surface area contributed by atoms with Gasteiger partial charge in [-0.25, -0.2) is 9.59 Å². The van der Waals surface area contributed by atoms with Crippen LogP contribution in [0.4, 0.5) is 10.5 Å². The molecule has 0 heterocycles. The average Bonchev–Trinajstić information content (AvgIpc) is 2.19. The molecule has 0 aliphatic heterocycles. The minimum absolute atomic E-state index is 0.0667. The van der Waals surface area contributed by atoms with E-state index in [9.17, 15) is 9.59 Å². The molecule has 0 spiro atoms. The first-order valence-corrected chi connectivity index (χ1v) is 4.50. The van der Waals surface area contributed by atoms with Gasteiger partial charge in [-0.05, 0) is 6.07 Å². The Morgan fingerprint density at radius 2 is 2.12 bits per heavy atom. The maximum absolute atomic E-state index is 10.8. The van der Waals surface area contributed by atoms with Gasteiger partial charge in [0.15, 0.2) is 0 Å². The fourth-order valence-corrected chi connectivity index (χ4v) is 1.33. The molecule has 0 aromatic heterocycles. The highest BCUT2D eigenvalue weighted by atomic mass is 35.5. The van der Waals surface area contributed by atoms with E-state index in [2.05, 4.69) is 5.32 Å². The van der Waals surface area contributed by atoms with Crippen molar-refractivity contribution < 1.29 is 19.4 Å². The number of aromatic carboxylic acids is 1. The van der Waals surface area contributed by atoms with E-state index >= 15 is 0 Å². The SMILES string of the molecule is COc1cc(NC(N)=O)c(Cl)cc1C(=O)O. The average molecular weight is 245 g/mol. The number of nitrogens with one attached hydrogen (secondary N) is 1. The first-order valence-electron chi connectivity index (χ1n) is 4.13. The number of urea groups is 1. The zero-order valence-corrected chi connectivity index (χ0v) is 9.04. The number of amides is 2. The van der Waals surface area contributed by atoms with Crippen LogP contribution in [0.2, 0.25) is 5.02 Å². The van der Waals surface area contributed by atoms with Gasteiger partial charge in [0.2, 0.25) is 0 Å². The van der Waals surface area contributed by atoms with Crippen molar-refractivity contribution in [1.29, 1.82) is 0 Å². The molecule has 1 aromatic rings. The molecule has 2 amide bonds. The summed E-state index contributed by atoms with van der Waals surface area (Å²) in [6.45, 7) is 0. The Hall–Kier alpha value is -1.95. The van der Waals surface area contributed by atoms with Crippen LogP contribution in [0.3, 0.4) is 0 Å². The Kier molecular flexibility index (Phi) is 3.57. The fourth-order valence-electron chi connectivity index (χ4n) is 1.12. The van der Waals surface area contributed by atoms with Crippen molar-refractivity contribution in [3.05, 3.63) is 22.7 Å². The van der Waals surface area contributed by atoms with Gasteiger partial charge in [0.05, 0.1) is 17.8 Å². The fraction of sp³-hybridized carbons (Fsp3) is 0.111. The number of halogens is 1. The Balaban J connectivity index is 3.25. The van der Waals surface area contributed by atoms with Gasteiger partial charge in [-0.2, -0.15) is 0 Å². The number of benzene rings is 1. The van der Waals surface area contributed by atoms with E-state index in [1.165, 1.54) is 19.2 Å². The quantitative estimate of drug-likeness (QED) is 0.750. The largest absolute Gasteiger partial charge is 0.496 e. The molecule has 0 saturated heterocycles. The monoisotopic (exact) mass is 244 g/mol. The van der Waals surface area contributed by atoms with Crippen molar-refractivity contribution in [3.8, 4) is 5.75 Å². The molecule has 0 saturated carbocycles. The van der Waals surface area contributed by atoms with Gasteiger partial charge in [0.1, 0.15) is 11.3 Å². The number of carboxylic acid groups (broad SMARTS) is 1. The summed E-state index contributed by atoms with van der Waals surface area (Å²) >= 11 is 5.76.